The van der Waals surface area contributed by atoms with Crippen LogP contribution in [0, 0.1) is 10.1 Å². The molecule has 31 heavy (non-hydrogen) atoms. The molecule has 0 radical (unpaired) electrons. The Morgan fingerprint density at radius 3 is 2.81 bits per heavy atom. The molecule has 0 aliphatic carbocycles. The molecule has 4 N–H and O–H groups in total. The summed E-state index contributed by atoms with van der Waals surface area (Å²) in [4.78, 5) is 31.4. The van der Waals surface area contributed by atoms with Gasteiger partial charge in [0.15, 0.2) is 5.69 Å². The van der Waals surface area contributed by atoms with E-state index in [4.69, 9.17) is 4.74 Å². The molecule has 3 atom stereocenters. The molecule has 1 aromatic carbocycles. The number of non-ortho nitro benzene ring substituents is 1. The molecule has 0 saturated carbocycles. The third-order valence-electron chi connectivity index (χ3n) is 4.68. The highest BCUT2D eigenvalue weighted by Gasteiger charge is 2.36. The highest BCUT2D eigenvalue weighted by molar-refractivity contribution is 6.07. The fourth-order valence-corrected chi connectivity index (χ4v) is 3.10. The minimum atomic E-state index is -0.851. The summed E-state index contributed by atoms with van der Waals surface area (Å²) in [5.74, 6) is -0.244. The minimum Gasteiger partial charge on any atom is -0.394 e. The van der Waals surface area contributed by atoms with Crippen molar-refractivity contribution in [3.8, 4) is 0 Å². The number of amides is 1. The zero-order chi connectivity index (χ0) is 22.4. The smallest absolute Gasteiger partial charge is 0.278 e. The molecule has 1 aliphatic rings. The van der Waals surface area contributed by atoms with Gasteiger partial charge in [-0.2, -0.15) is 0 Å². The average Bonchev–Trinajstić information content (AvgIpc) is 3.34. The van der Waals surface area contributed by atoms with Gasteiger partial charge in [0.2, 0.25) is 0 Å². The van der Waals surface area contributed by atoms with Crippen LogP contribution in [0.1, 0.15) is 36.5 Å². The fraction of sp³-hybridized carbons (Fsp3) is 0.421. The highest BCUT2D eigenvalue weighted by Crippen LogP contribution is 2.32. The Hall–Kier alpha value is -3.35. The molecule has 1 aliphatic heterocycles. The summed E-state index contributed by atoms with van der Waals surface area (Å²) in [5, 5.41) is 35.7. The normalized spacial score (nSPS) is 20.8. The van der Waals surface area contributed by atoms with Crippen LogP contribution in [-0.4, -0.2) is 62.3 Å². The van der Waals surface area contributed by atoms with Gasteiger partial charge >= 0.3 is 0 Å². The number of aliphatic imine (C=N–C) groups is 1. The first-order valence-corrected chi connectivity index (χ1v) is 9.76. The molecule has 3 rings (SSSR count). The van der Waals surface area contributed by atoms with Crippen LogP contribution in [0.5, 0.6) is 0 Å². The predicted molar refractivity (Wildman–Crippen MR) is 112 cm³/mol. The number of carbonyl (C=O) groups excluding carboxylic acids is 1. The number of ether oxygens (including phenoxy) is 1. The predicted octanol–water partition coefficient (Wildman–Crippen LogP) is 1.53. The third-order valence-corrected chi connectivity index (χ3v) is 4.68. The van der Waals surface area contributed by atoms with Gasteiger partial charge in [0.25, 0.3) is 11.6 Å². The maximum absolute atomic E-state index is 12.8. The van der Waals surface area contributed by atoms with Crippen molar-refractivity contribution >= 4 is 29.4 Å². The van der Waals surface area contributed by atoms with Crippen molar-refractivity contribution in [2.24, 2.45) is 4.99 Å². The van der Waals surface area contributed by atoms with Crippen LogP contribution in [0.2, 0.25) is 0 Å². The van der Waals surface area contributed by atoms with Crippen molar-refractivity contribution in [2.45, 2.75) is 38.2 Å². The lowest BCUT2D eigenvalue weighted by Gasteiger charge is -2.16. The van der Waals surface area contributed by atoms with Gasteiger partial charge in [-0.3, -0.25) is 24.5 Å². The fourth-order valence-electron chi connectivity index (χ4n) is 3.10. The van der Waals surface area contributed by atoms with Gasteiger partial charge in [0.1, 0.15) is 18.1 Å². The summed E-state index contributed by atoms with van der Waals surface area (Å²) >= 11 is 0. The number of aliphatic hydroxyl groups excluding tert-OH is 2. The number of rotatable bonds is 9. The standard InChI is InChI=1S/C19H24N6O6/c1-2-7-20-10-21-18-17(19(28)23-12-3-5-13(6-4-12)25(29)30)22-11-24(18)16-8-14(27)15(9-26)31-16/h3-6,10-11,14-16,26-27H,2,7-9H2,1H3,(H,20,21)(H,23,28)/t14-,15+,16+/m0/s1. The molecule has 12 heteroatoms. The second-order valence-corrected chi connectivity index (χ2v) is 6.90. The van der Waals surface area contributed by atoms with E-state index in [1.165, 1.54) is 36.9 Å². The molecule has 166 valence electrons. The lowest BCUT2D eigenvalue weighted by atomic mass is 10.2. The topological polar surface area (TPSA) is 164 Å². The number of nitro groups is 1. The van der Waals surface area contributed by atoms with E-state index in [0.717, 1.165) is 6.42 Å². The first-order valence-electron chi connectivity index (χ1n) is 9.76. The summed E-state index contributed by atoms with van der Waals surface area (Å²) in [7, 11) is 0. The van der Waals surface area contributed by atoms with Crippen LogP contribution >= 0.6 is 0 Å². The maximum atomic E-state index is 12.8. The number of anilines is 2. The summed E-state index contributed by atoms with van der Waals surface area (Å²) in [6, 6.07) is 5.41. The van der Waals surface area contributed by atoms with Gasteiger partial charge in [0.05, 0.1) is 30.3 Å². The Balaban J connectivity index is 1.83. The Morgan fingerprint density at radius 1 is 1.45 bits per heavy atom. The number of nitro benzene ring substituents is 1. The van der Waals surface area contributed by atoms with E-state index in [0.29, 0.717) is 18.1 Å². The SMILES string of the molecule is CCCN=CNc1c(C(=O)Nc2ccc([N+](=O)[O-])cc2)ncn1[C@H]1C[C@H](O)[C@@H](CO)O1. The zero-order valence-electron chi connectivity index (χ0n) is 16.8. The summed E-state index contributed by atoms with van der Waals surface area (Å²) in [6.07, 6.45) is 1.70. The second-order valence-electron chi connectivity index (χ2n) is 6.90. The molecule has 1 saturated heterocycles. The van der Waals surface area contributed by atoms with E-state index < -0.39 is 29.3 Å². The Kier molecular flexibility index (Phi) is 7.28. The lowest BCUT2D eigenvalue weighted by molar-refractivity contribution is -0.384. The number of carbonyl (C=O) groups is 1. The largest absolute Gasteiger partial charge is 0.394 e. The van der Waals surface area contributed by atoms with Crippen molar-refractivity contribution in [1.82, 2.24) is 9.55 Å². The van der Waals surface area contributed by atoms with Gasteiger partial charge in [-0.1, -0.05) is 6.92 Å². The van der Waals surface area contributed by atoms with E-state index in [1.54, 1.807) is 4.57 Å². The lowest BCUT2D eigenvalue weighted by Crippen LogP contribution is -2.24. The van der Waals surface area contributed by atoms with E-state index in [2.05, 4.69) is 20.6 Å². The number of aliphatic hydroxyl groups is 2. The molecule has 1 aromatic heterocycles. The van der Waals surface area contributed by atoms with E-state index in [1.807, 2.05) is 6.92 Å². The molecule has 12 nitrogen and oxygen atoms in total. The quantitative estimate of drug-likeness (QED) is 0.200. The van der Waals surface area contributed by atoms with Crippen molar-refractivity contribution in [2.75, 3.05) is 23.8 Å². The molecule has 2 heterocycles. The van der Waals surface area contributed by atoms with Gasteiger partial charge in [0, 0.05) is 30.8 Å². The van der Waals surface area contributed by atoms with Crippen LogP contribution in [0.3, 0.4) is 0 Å². The number of hydrogen-bond donors (Lipinski definition) is 4. The van der Waals surface area contributed by atoms with Gasteiger partial charge in [-0.25, -0.2) is 4.98 Å². The average molecular weight is 432 g/mol. The van der Waals surface area contributed by atoms with E-state index in [-0.39, 0.29) is 24.4 Å². The molecular formula is C19H24N6O6. The number of hydrogen-bond acceptors (Lipinski definition) is 8. The summed E-state index contributed by atoms with van der Waals surface area (Å²) < 4.78 is 7.22. The number of imidazole rings is 1. The van der Waals surface area contributed by atoms with E-state index in [9.17, 15) is 25.1 Å². The first-order chi connectivity index (χ1) is 14.9. The van der Waals surface area contributed by atoms with Crippen molar-refractivity contribution in [3.63, 3.8) is 0 Å². The number of benzene rings is 1. The molecule has 0 bridgehead atoms. The minimum absolute atomic E-state index is 0.0480. The van der Waals surface area contributed by atoms with Crippen LogP contribution in [0.15, 0.2) is 35.6 Å². The molecule has 0 unspecified atom stereocenters. The number of nitrogens with zero attached hydrogens (tertiary/aromatic N) is 4. The zero-order valence-corrected chi connectivity index (χ0v) is 16.8. The van der Waals surface area contributed by atoms with Gasteiger partial charge < -0.3 is 25.6 Å². The maximum Gasteiger partial charge on any atom is 0.278 e. The molecular weight excluding hydrogens is 408 g/mol. The Labute approximate surface area is 177 Å². The summed E-state index contributed by atoms with van der Waals surface area (Å²) in [6.45, 7) is 2.24. The van der Waals surface area contributed by atoms with Gasteiger partial charge in [-0.05, 0) is 18.6 Å². The molecule has 1 amide bonds. The van der Waals surface area contributed by atoms with Crippen LogP contribution in [0.4, 0.5) is 17.2 Å². The van der Waals surface area contributed by atoms with Crippen molar-refractivity contribution in [3.05, 3.63) is 46.4 Å². The Bertz CT molecular complexity index is 944. The van der Waals surface area contributed by atoms with Crippen molar-refractivity contribution in [1.29, 1.82) is 0 Å². The number of aromatic nitrogens is 2. The first kappa shape index (κ1) is 22.3. The third kappa shape index (κ3) is 5.23. The summed E-state index contributed by atoms with van der Waals surface area (Å²) in [5.41, 5.74) is 0.322. The van der Waals surface area contributed by atoms with Crippen LogP contribution in [0.25, 0.3) is 0 Å². The highest BCUT2D eigenvalue weighted by atomic mass is 16.6. The Morgan fingerprint density at radius 2 is 2.19 bits per heavy atom. The number of nitrogens with one attached hydrogen (secondary N) is 2. The van der Waals surface area contributed by atoms with E-state index >= 15 is 0 Å². The molecule has 0 spiro atoms. The monoisotopic (exact) mass is 432 g/mol. The van der Waals surface area contributed by atoms with Crippen LogP contribution < -0.4 is 10.6 Å². The van der Waals surface area contributed by atoms with Crippen LogP contribution in [-0.2, 0) is 4.74 Å². The van der Waals surface area contributed by atoms with Gasteiger partial charge in [-0.15, -0.1) is 0 Å². The molecule has 1 fully saturated rings. The molecule has 2 aromatic rings. The second kappa shape index (κ2) is 10.1. The van der Waals surface area contributed by atoms with Crippen molar-refractivity contribution < 1.29 is 24.7 Å².